The van der Waals surface area contributed by atoms with Gasteiger partial charge >= 0.3 is 0 Å². The van der Waals surface area contributed by atoms with Gasteiger partial charge in [-0.1, -0.05) is 6.07 Å². The minimum atomic E-state index is -3.64. The second kappa shape index (κ2) is 6.26. The van der Waals surface area contributed by atoms with Crippen LogP contribution in [-0.2, 0) is 26.1 Å². The summed E-state index contributed by atoms with van der Waals surface area (Å²) in [5.41, 5.74) is 1.15. The van der Waals surface area contributed by atoms with Crippen LogP contribution in [0.15, 0.2) is 12.1 Å². The molecule has 18 heavy (non-hydrogen) atoms. The molecule has 7 heteroatoms. The van der Waals surface area contributed by atoms with Crippen molar-refractivity contribution in [2.24, 2.45) is 0 Å². The predicted octanol–water partition coefficient (Wildman–Crippen LogP) is 1.92. The van der Waals surface area contributed by atoms with Crippen LogP contribution in [-0.4, -0.2) is 29.7 Å². The maximum absolute atomic E-state index is 11.2. The Morgan fingerprint density at radius 2 is 1.83 bits per heavy atom. The van der Waals surface area contributed by atoms with Gasteiger partial charge in [0.05, 0.1) is 26.6 Å². The summed E-state index contributed by atoms with van der Waals surface area (Å²) in [5.74, 6) is 0.686. The average Bonchev–Trinajstić information content (AvgIpc) is 2.29. The first-order chi connectivity index (χ1) is 8.42. The zero-order valence-corrected chi connectivity index (χ0v) is 12.0. The average molecular weight is 295 g/mol. The van der Waals surface area contributed by atoms with E-state index < -0.39 is 9.05 Å². The van der Waals surface area contributed by atoms with Gasteiger partial charge in [-0.05, 0) is 11.6 Å². The molecule has 0 aliphatic carbocycles. The highest BCUT2D eigenvalue weighted by molar-refractivity contribution is 8.13. The largest absolute Gasteiger partial charge is 0.493 e. The maximum atomic E-state index is 11.2. The second-order valence-corrected chi connectivity index (χ2v) is 6.33. The Bertz CT molecular complexity index is 512. The van der Waals surface area contributed by atoms with Crippen LogP contribution in [0.1, 0.15) is 11.1 Å². The van der Waals surface area contributed by atoms with Gasteiger partial charge in [0.25, 0.3) is 0 Å². The van der Waals surface area contributed by atoms with Gasteiger partial charge < -0.3 is 14.2 Å². The van der Waals surface area contributed by atoms with E-state index in [0.29, 0.717) is 22.6 Å². The van der Waals surface area contributed by atoms with Crippen molar-refractivity contribution in [2.45, 2.75) is 12.4 Å². The first-order valence-corrected chi connectivity index (χ1v) is 7.54. The topological polar surface area (TPSA) is 61.8 Å². The fraction of sp³-hybridized carbons (Fsp3) is 0.455. The number of ether oxygens (including phenoxy) is 3. The summed E-state index contributed by atoms with van der Waals surface area (Å²) in [5, 5.41) is 0. The Morgan fingerprint density at radius 1 is 1.17 bits per heavy atom. The Morgan fingerprint density at radius 3 is 2.28 bits per heavy atom. The molecule has 0 spiro atoms. The van der Waals surface area contributed by atoms with Crippen molar-refractivity contribution in [1.82, 2.24) is 0 Å². The van der Waals surface area contributed by atoms with Crippen molar-refractivity contribution in [3.63, 3.8) is 0 Å². The van der Waals surface area contributed by atoms with Gasteiger partial charge in [0.15, 0.2) is 11.5 Å². The van der Waals surface area contributed by atoms with E-state index >= 15 is 0 Å². The first kappa shape index (κ1) is 15.1. The van der Waals surface area contributed by atoms with E-state index in [0.717, 1.165) is 0 Å². The predicted molar refractivity (Wildman–Crippen MR) is 68.7 cm³/mol. The molecule has 1 aromatic carbocycles. The summed E-state index contributed by atoms with van der Waals surface area (Å²) in [6.07, 6.45) is 0. The normalized spacial score (nSPS) is 11.3. The lowest BCUT2D eigenvalue weighted by molar-refractivity contribution is 0.180. The summed E-state index contributed by atoms with van der Waals surface area (Å²) in [6.45, 7) is 0.210. The third-order valence-electron chi connectivity index (χ3n) is 2.36. The van der Waals surface area contributed by atoms with Gasteiger partial charge in [0.2, 0.25) is 9.05 Å². The van der Waals surface area contributed by atoms with Gasteiger partial charge in [-0.25, -0.2) is 8.42 Å². The van der Waals surface area contributed by atoms with E-state index in [-0.39, 0.29) is 12.4 Å². The van der Waals surface area contributed by atoms with E-state index in [1.165, 1.54) is 21.3 Å². The Hall–Kier alpha value is -0.980. The van der Waals surface area contributed by atoms with E-state index in [4.69, 9.17) is 24.9 Å². The van der Waals surface area contributed by atoms with Crippen molar-refractivity contribution in [1.29, 1.82) is 0 Å². The Kier molecular flexibility index (Phi) is 5.25. The quantitative estimate of drug-likeness (QED) is 0.750. The fourth-order valence-electron chi connectivity index (χ4n) is 1.66. The number of hydrogen-bond acceptors (Lipinski definition) is 5. The smallest absolute Gasteiger partial charge is 0.236 e. The minimum Gasteiger partial charge on any atom is -0.493 e. The van der Waals surface area contributed by atoms with Crippen LogP contribution < -0.4 is 9.47 Å². The molecule has 0 N–H and O–H groups in total. The summed E-state index contributed by atoms with van der Waals surface area (Å²) in [6, 6.07) is 3.27. The lowest BCUT2D eigenvalue weighted by Gasteiger charge is -2.15. The monoisotopic (exact) mass is 294 g/mol. The van der Waals surface area contributed by atoms with Crippen LogP contribution in [0.2, 0.25) is 0 Å². The fourth-order valence-corrected chi connectivity index (χ4v) is 2.65. The molecule has 0 saturated carbocycles. The number of rotatable bonds is 6. The number of halogens is 1. The van der Waals surface area contributed by atoms with Crippen LogP contribution in [0, 0.1) is 0 Å². The van der Waals surface area contributed by atoms with E-state index in [1.54, 1.807) is 12.1 Å². The van der Waals surface area contributed by atoms with Crippen LogP contribution in [0.4, 0.5) is 0 Å². The highest BCUT2D eigenvalue weighted by atomic mass is 35.7. The van der Waals surface area contributed by atoms with Crippen molar-refractivity contribution in [3.05, 3.63) is 23.3 Å². The molecule has 0 unspecified atom stereocenters. The second-order valence-electron chi connectivity index (χ2n) is 3.55. The minimum absolute atomic E-state index is 0.210. The number of benzene rings is 1. The van der Waals surface area contributed by atoms with E-state index in [9.17, 15) is 8.42 Å². The van der Waals surface area contributed by atoms with Gasteiger partial charge in [-0.3, -0.25) is 0 Å². The summed E-state index contributed by atoms with van der Waals surface area (Å²) in [7, 11) is 6.13. The SMILES string of the molecule is COCc1c(CS(=O)(=O)Cl)ccc(OC)c1OC. The molecule has 0 bridgehead atoms. The molecular weight excluding hydrogens is 280 g/mol. The third-order valence-corrected chi connectivity index (χ3v) is 3.35. The molecule has 0 amide bonds. The highest BCUT2D eigenvalue weighted by Crippen LogP contribution is 2.34. The highest BCUT2D eigenvalue weighted by Gasteiger charge is 2.18. The van der Waals surface area contributed by atoms with Gasteiger partial charge in [0, 0.05) is 23.4 Å². The Labute approximate surface area is 111 Å². The number of methoxy groups -OCH3 is 3. The summed E-state index contributed by atoms with van der Waals surface area (Å²) >= 11 is 0. The molecule has 0 aliphatic rings. The van der Waals surface area contributed by atoms with Crippen LogP contribution in [0.25, 0.3) is 0 Å². The Balaban J connectivity index is 3.33. The molecule has 0 aromatic heterocycles. The van der Waals surface area contributed by atoms with Crippen LogP contribution >= 0.6 is 10.7 Å². The van der Waals surface area contributed by atoms with Gasteiger partial charge in [-0.15, -0.1) is 0 Å². The van der Waals surface area contributed by atoms with Crippen molar-refractivity contribution in [3.8, 4) is 11.5 Å². The van der Waals surface area contributed by atoms with Crippen molar-refractivity contribution >= 4 is 19.7 Å². The van der Waals surface area contributed by atoms with E-state index in [1.807, 2.05) is 0 Å². The molecule has 0 aliphatic heterocycles. The van der Waals surface area contributed by atoms with Crippen molar-refractivity contribution in [2.75, 3.05) is 21.3 Å². The molecule has 0 saturated heterocycles. The van der Waals surface area contributed by atoms with Gasteiger partial charge in [-0.2, -0.15) is 0 Å². The molecular formula is C11H15ClO5S. The van der Waals surface area contributed by atoms with Crippen LogP contribution in [0.5, 0.6) is 11.5 Å². The van der Waals surface area contributed by atoms with Gasteiger partial charge in [0.1, 0.15) is 0 Å². The zero-order valence-electron chi connectivity index (χ0n) is 10.4. The number of hydrogen-bond donors (Lipinski definition) is 0. The molecule has 0 radical (unpaired) electrons. The lowest BCUT2D eigenvalue weighted by atomic mass is 10.1. The van der Waals surface area contributed by atoms with Crippen LogP contribution in [0.3, 0.4) is 0 Å². The first-order valence-electron chi connectivity index (χ1n) is 5.07. The van der Waals surface area contributed by atoms with Crippen molar-refractivity contribution < 1.29 is 22.6 Å². The molecule has 5 nitrogen and oxygen atoms in total. The molecule has 0 fully saturated rings. The summed E-state index contributed by atoms with van der Waals surface area (Å²) < 4.78 is 37.8. The standard InChI is InChI=1S/C11H15ClO5S/c1-15-6-9-8(7-18(12,13)14)4-5-10(16-2)11(9)17-3/h4-5H,6-7H2,1-3H3. The molecule has 102 valence electrons. The molecule has 1 aromatic rings. The maximum Gasteiger partial charge on any atom is 0.236 e. The lowest BCUT2D eigenvalue weighted by Crippen LogP contribution is -2.05. The van der Waals surface area contributed by atoms with E-state index in [2.05, 4.69) is 0 Å². The molecule has 1 rings (SSSR count). The summed E-state index contributed by atoms with van der Waals surface area (Å²) in [4.78, 5) is 0. The molecule has 0 atom stereocenters. The molecule has 0 heterocycles. The zero-order chi connectivity index (χ0) is 13.8. The third kappa shape index (κ3) is 3.76.